The molecule has 98 valence electrons. The average molecular weight is 437 g/mol. The molecule has 1 nitrogen and oxygen atoms in total. The topological polar surface area (TPSA) is 17.1 Å². The van der Waals surface area contributed by atoms with Crippen molar-refractivity contribution in [2.75, 3.05) is 0 Å². The molecule has 0 aliphatic rings. The number of hydrogen-bond donors (Lipinski definition) is 0. The molecule has 0 radical (unpaired) electrons. The minimum Gasteiger partial charge on any atom is -0.294 e. The van der Waals surface area contributed by atoms with Gasteiger partial charge in [-0.3, -0.25) is 4.79 Å². The minimum absolute atomic E-state index is 0.0453. The van der Waals surface area contributed by atoms with Gasteiger partial charge in [0.2, 0.25) is 0 Å². The van der Waals surface area contributed by atoms with E-state index in [9.17, 15) is 13.6 Å². The molecule has 0 unspecified atom stereocenters. The first-order valence-corrected chi connectivity index (χ1v) is 7.26. The zero-order valence-corrected chi connectivity index (χ0v) is 13.3. The first kappa shape index (κ1) is 14.6. The SMILES string of the molecule is O=C(Cc1ccc(F)c(F)c1)c1cc(Br)ccc1I. The molecule has 5 heteroatoms. The van der Waals surface area contributed by atoms with E-state index < -0.39 is 11.6 Å². The fourth-order valence-corrected chi connectivity index (χ4v) is 2.64. The molecule has 0 heterocycles. The maximum Gasteiger partial charge on any atom is 0.168 e. The number of rotatable bonds is 3. The Morgan fingerprint density at radius 1 is 1.11 bits per heavy atom. The van der Waals surface area contributed by atoms with Crippen LogP contribution in [0.4, 0.5) is 8.78 Å². The van der Waals surface area contributed by atoms with E-state index in [4.69, 9.17) is 0 Å². The van der Waals surface area contributed by atoms with Gasteiger partial charge in [0, 0.05) is 20.0 Å². The van der Waals surface area contributed by atoms with Crippen LogP contribution in [0.2, 0.25) is 0 Å². The zero-order chi connectivity index (χ0) is 14.0. The Morgan fingerprint density at radius 3 is 2.53 bits per heavy atom. The average Bonchev–Trinajstić information content (AvgIpc) is 2.36. The summed E-state index contributed by atoms with van der Waals surface area (Å²) in [6.45, 7) is 0. The third-order valence-corrected chi connectivity index (χ3v) is 4.01. The second-order valence-corrected chi connectivity index (χ2v) is 6.05. The van der Waals surface area contributed by atoms with Crippen LogP contribution in [0, 0.1) is 15.2 Å². The van der Waals surface area contributed by atoms with Gasteiger partial charge in [0.05, 0.1) is 0 Å². The van der Waals surface area contributed by atoms with Crippen LogP contribution in [-0.2, 0) is 6.42 Å². The highest BCUT2D eigenvalue weighted by atomic mass is 127. The van der Waals surface area contributed by atoms with Crippen LogP contribution in [0.5, 0.6) is 0 Å². The van der Waals surface area contributed by atoms with Gasteiger partial charge in [-0.05, 0) is 58.5 Å². The largest absolute Gasteiger partial charge is 0.294 e. The molecule has 2 aromatic carbocycles. The Bertz CT molecular complexity index is 643. The second kappa shape index (κ2) is 6.09. The molecule has 0 aliphatic carbocycles. The van der Waals surface area contributed by atoms with E-state index in [1.54, 1.807) is 6.07 Å². The highest BCUT2D eigenvalue weighted by molar-refractivity contribution is 14.1. The van der Waals surface area contributed by atoms with Crippen molar-refractivity contribution in [3.05, 3.63) is 67.2 Å². The lowest BCUT2D eigenvalue weighted by atomic mass is 10.0. The molecule has 0 amide bonds. The molecular formula is C14H8BrF2IO. The maximum absolute atomic E-state index is 13.1. The van der Waals surface area contributed by atoms with Crippen LogP contribution in [0.15, 0.2) is 40.9 Å². The van der Waals surface area contributed by atoms with Crippen LogP contribution in [0.25, 0.3) is 0 Å². The first-order valence-electron chi connectivity index (χ1n) is 5.39. The Hall–Kier alpha value is -0.820. The van der Waals surface area contributed by atoms with Gasteiger partial charge in [0.1, 0.15) is 0 Å². The Kier molecular flexibility index (Phi) is 4.67. The number of benzene rings is 2. The fraction of sp³-hybridized carbons (Fsp3) is 0.0714. The highest BCUT2D eigenvalue weighted by Gasteiger charge is 2.12. The quantitative estimate of drug-likeness (QED) is 0.501. The monoisotopic (exact) mass is 436 g/mol. The summed E-state index contributed by atoms with van der Waals surface area (Å²) in [6, 6.07) is 8.90. The molecule has 0 aliphatic heterocycles. The van der Waals surface area contributed by atoms with E-state index in [2.05, 4.69) is 38.5 Å². The van der Waals surface area contributed by atoms with Gasteiger partial charge in [0.15, 0.2) is 17.4 Å². The summed E-state index contributed by atoms with van der Waals surface area (Å²) in [5.74, 6) is -1.97. The molecule has 0 atom stereocenters. The summed E-state index contributed by atoms with van der Waals surface area (Å²) >= 11 is 5.38. The number of ketones is 1. The van der Waals surface area contributed by atoms with Gasteiger partial charge in [-0.2, -0.15) is 0 Å². The first-order chi connectivity index (χ1) is 8.97. The van der Waals surface area contributed by atoms with Gasteiger partial charge in [-0.1, -0.05) is 22.0 Å². The number of carbonyl (C=O) groups is 1. The summed E-state index contributed by atoms with van der Waals surface area (Å²) in [5, 5.41) is 0. The van der Waals surface area contributed by atoms with E-state index in [0.717, 1.165) is 20.2 Å². The van der Waals surface area contributed by atoms with Gasteiger partial charge in [0.25, 0.3) is 0 Å². The lowest BCUT2D eigenvalue weighted by molar-refractivity contribution is 0.0992. The number of halogens is 4. The molecular weight excluding hydrogens is 429 g/mol. The van der Waals surface area contributed by atoms with Crippen LogP contribution in [0.3, 0.4) is 0 Å². The lowest BCUT2D eigenvalue weighted by Crippen LogP contribution is -2.06. The summed E-state index contributed by atoms with van der Waals surface area (Å²) in [6.07, 6.45) is 0.0453. The smallest absolute Gasteiger partial charge is 0.168 e. The summed E-state index contributed by atoms with van der Waals surface area (Å²) in [7, 11) is 0. The molecule has 2 rings (SSSR count). The van der Waals surface area contributed by atoms with Gasteiger partial charge < -0.3 is 0 Å². The number of carbonyl (C=O) groups excluding carboxylic acids is 1. The highest BCUT2D eigenvalue weighted by Crippen LogP contribution is 2.20. The predicted octanol–water partition coefficient (Wildman–Crippen LogP) is 4.76. The third kappa shape index (κ3) is 3.60. The standard InChI is InChI=1S/C14H8BrF2IO/c15-9-2-4-13(18)10(7-9)14(19)6-8-1-3-11(16)12(17)5-8/h1-5,7H,6H2. The Morgan fingerprint density at radius 2 is 1.84 bits per heavy atom. The molecule has 0 spiro atoms. The van der Waals surface area contributed by atoms with Crippen molar-refractivity contribution in [3.63, 3.8) is 0 Å². The van der Waals surface area contributed by atoms with Crippen molar-refractivity contribution in [2.45, 2.75) is 6.42 Å². The van der Waals surface area contributed by atoms with E-state index in [1.165, 1.54) is 6.07 Å². The van der Waals surface area contributed by atoms with Crippen LogP contribution in [0.1, 0.15) is 15.9 Å². The molecule has 0 saturated heterocycles. The van der Waals surface area contributed by atoms with Gasteiger partial charge in [-0.25, -0.2) is 8.78 Å². The molecule has 19 heavy (non-hydrogen) atoms. The molecule has 2 aromatic rings. The number of hydrogen-bond acceptors (Lipinski definition) is 1. The summed E-state index contributed by atoms with van der Waals surface area (Å²) in [4.78, 5) is 12.1. The van der Waals surface area contributed by atoms with E-state index in [-0.39, 0.29) is 12.2 Å². The van der Waals surface area contributed by atoms with E-state index >= 15 is 0 Å². The van der Waals surface area contributed by atoms with Gasteiger partial charge in [-0.15, -0.1) is 0 Å². The van der Waals surface area contributed by atoms with E-state index in [1.807, 2.05) is 12.1 Å². The molecule has 0 aromatic heterocycles. The summed E-state index contributed by atoms with van der Waals surface area (Å²) < 4.78 is 27.5. The van der Waals surface area contributed by atoms with Crippen molar-refractivity contribution < 1.29 is 13.6 Å². The van der Waals surface area contributed by atoms with Crippen LogP contribution >= 0.6 is 38.5 Å². The van der Waals surface area contributed by atoms with Crippen LogP contribution < -0.4 is 0 Å². The van der Waals surface area contributed by atoms with Crippen molar-refractivity contribution >= 4 is 44.3 Å². The third-order valence-electron chi connectivity index (χ3n) is 2.58. The van der Waals surface area contributed by atoms with Gasteiger partial charge >= 0.3 is 0 Å². The van der Waals surface area contributed by atoms with Crippen molar-refractivity contribution in [1.82, 2.24) is 0 Å². The predicted molar refractivity (Wildman–Crippen MR) is 81.3 cm³/mol. The second-order valence-electron chi connectivity index (χ2n) is 3.97. The Balaban J connectivity index is 2.25. The van der Waals surface area contributed by atoms with E-state index in [0.29, 0.717) is 11.1 Å². The van der Waals surface area contributed by atoms with Crippen LogP contribution in [-0.4, -0.2) is 5.78 Å². The fourth-order valence-electron chi connectivity index (χ4n) is 1.64. The van der Waals surface area contributed by atoms with Crippen molar-refractivity contribution in [3.8, 4) is 0 Å². The summed E-state index contributed by atoms with van der Waals surface area (Å²) in [5.41, 5.74) is 1.03. The van der Waals surface area contributed by atoms with Crippen molar-refractivity contribution in [2.24, 2.45) is 0 Å². The maximum atomic E-state index is 13.1. The number of Topliss-reactive ketones (excluding diaryl/α,β-unsaturated/α-hetero) is 1. The Labute approximate surface area is 131 Å². The molecule has 0 bridgehead atoms. The molecule has 0 saturated carbocycles. The minimum atomic E-state index is -0.936. The molecule has 0 fully saturated rings. The molecule has 0 N–H and O–H groups in total. The zero-order valence-electron chi connectivity index (χ0n) is 9.59. The van der Waals surface area contributed by atoms with Crippen molar-refractivity contribution in [1.29, 1.82) is 0 Å². The lowest BCUT2D eigenvalue weighted by Gasteiger charge is -2.05. The normalized spacial score (nSPS) is 10.5.